The number of hydrogen-bond donors (Lipinski definition) is 1. The Morgan fingerprint density at radius 1 is 1.29 bits per heavy atom. The van der Waals surface area contributed by atoms with Gasteiger partial charge in [0.05, 0.1) is 6.10 Å². The molecular formula is C14H15FO2. The summed E-state index contributed by atoms with van der Waals surface area (Å²) in [5, 5.41) is 8.60. The quantitative estimate of drug-likeness (QED) is 0.797. The van der Waals surface area contributed by atoms with E-state index in [4.69, 9.17) is 9.84 Å². The predicted octanol–water partition coefficient (Wildman–Crippen LogP) is 2.49. The maximum absolute atomic E-state index is 13.3. The minimum atomic E-state index is -0.359. The van der Waals surface area contributed by atoms with Crippen LogP contribution in [0.15, 0.2) is 18.2 Å². The van der Waals surface area contributed by atoms with Crippen molar-refractivity contribution in [1.82, 2.24) is 0 Å². The molecule has 1 aromatic carbocycles. The van der Waals surface area contributed by atoms with E-state index in [9.17, 15) is 4.39 Å². The molecule has 0 radical (unpaired) electrons. The van der Waals surface area contributed by atoms with Gasteiger partial charge in [0, 0.05) is 11.6 Å². The summed E-state index contributed by atoms with van der Waals surface area (Å²) in [5.74, 6) is 5.34. The van der Waals surface area contributed by atoms with Crippen molar-refractivity contribution in [1.29, 1.82) is 0 Å². The van der Waals surface area contributed by atoms with E-state index in [0.717, 1.165) is 12.8 Å². The van der Waals surface area contributed by atoms with Crippen LogP contribution >= 0.6 is 0 Å². The molecule has 0 amide bonds. The van der Waals surface area contributed by atoms with Gasteiger partial charge in [0.15, 0.2) is 0 Å². The fourth-order valence-corrected chi connectivity index (χ4v) is 2.04. The molecule has 1 fully saturated rings. The van der Waals surface area contributed by atoms with Crippen LogP contribution in [0, 0.1) is 17.7 Å². The molecule has 0 aromatic heterocycles. The first kappa shape index (κ1) is 11.9. The average molecular weight is 234 g/mol. The predicted molar refractivity (Wildman–Crippen MR) is 63.2 cm³/mol. The van der Waals surface area contributed by atoms with E-state index in [1.54, 1.807) is 6.07 Å². The SMILES string of the molecule is OCC#Cc1cc(F)cc(OC2CCCC2)c1. The van der Waals surface area contributed by atoms with Crippen LogP contribution in [0.3, 0.4) is 0 Å². The number of halogens is 1. The average Bonchev–Trinajstić information content (AvgIpc) is 2.78. The van der Waals surface area contributed by atoms with E-state index in [1.807, 2.05) is 0 Å². The molecule has 0 bridgehead atoms. The summed E-state index contributed by atoms with van der Waals surface area (Å²) in [4.78, 5) is 0. The molecule has 2 nitrogen and oxygen atoms in total. The van der Waals surface area contributed by atoms with Gasteiger partial charge in [0.25, 0.3) is 0 Å². The van der Waals surface area contributed by atoms with Gasteiger partial charge < -0.3 is 9.84 Å². The Balaban J connectivity index is 2.12. The van der Waals surface area contributed by atoms with Gasteiger partial charge in [-0.3, -0.25) is 0 Å². The monoisotopic (exact) mass is 234 g/mol. The van der Waals surface area contributed by atoms with Crippen LogP contribution in [-0.4, -0.2) is 17.8 Å². The van der Waals surface area contributed by atoms with Crippen LogP contribution in [0.25, 0.3) is 0 Å². The highest BCUT2D eigenvalue weighted by Crippen LogP contribution is 2.25. The summed E-state index contributed by atoms with van der Waals surface area (Å²) in [6.45, 7) is -0.227. The summed E-state index contributed by atoms with van der Waals surface area (Å²) >= 11 is 0. The number of ether oxygens (including phenoxy) is 1. The van der Waals surface area contributed by atoms with E-state index in [1.165, 1.54) is 25.0 Å². The second-order valence-corrected chi connectivity index (χ2v) is 4.16. The minimum Gasteiger partial charge on any atom is -0.490 e. The van der Waals surface area contributed by atoms with Crippen molar-refractivity contribution in [3.05, 3.63) is 29.6 Å². The molecule has 0 aliphatic heterocycles. The normalized spacial score (nSPS) is 15.4. The largest absolute Gasteiger partial charge is 0.490 e. The third-order valence-corrected chi connectivity index (χ3v) is 2.79. The van der Waals surface area contributed by atoms with Crippen molar-refractivity contribution in [2.75, 3.05) is 6.61 Å². The van der Waals surface area contributed by atoms with E-state index in [2.05, 4.69) is 11.8 Å². The lowest BCUT2D eigenvalue weighted by Gasteiger charge is -2.13. The first-order valence-electron chi connectivity index (χ1n) is 5.85. The molecule has 0 heterocycles. The van der Waals surface area contributed by atoms with Crippen molar-refractivity contribution in [2.45, 2.75) is 31.8 Å². The van der Waals surface area contributed by atoms with Crippen LogP contribution in [0.5, 0.6) is 5.75 Å². The van der Waals surface area contributed by atoms with E-state index < -0.39 is 0 Å². The fourth-order valence-electron chi connectivity index (χ4n) is 2.04. The second-order valence-electron chi connectivity index (χ2n) is 4.16. The Morgan fingerprint density at radius 3 is 2.76 bits per heavy atom. The molecule has 1 aliphatic rings. The Hall–Kier alpha value is -1.53. The summed E-state index contributed by atoms with van der Waals surface area (Å²) in [6, 6.07) is 4.43. The van der Waals surface area contributed by atoms with Gasteiger partial charge in [0.1, 0.15) is 18.2 Å². The van der Waals surface area contributed by atoms with E-state index in [0.29, 0.717) is 11.3 Å². The second kappa shape index (κ2) is 5.70. The Labute approximate surface area is 100 Å². The van der Waals surface area contributed by atoms with Crippen molar-refractivity contribution >= 4 is 0 Å². The highest BCUT2D eigenvalue weighted by Gasteiger charge is 2.16. The molecule has 0 atom stereocenters. The molecule has 0 spiro atoms. The Bertz CT molecular complexity index is 439. The molecule has 1 N–H and O–H groups in total. The standard InChI is InChI=1S/C14H15FO2/c15-12-8-11(4-3-7-16)9-14(10-12)17-13-5-1-2-6-13/h8-10,13,16H,1-2,5-7H2. The van der Waals surface area contributed by atoms with Crippen molar-refractivity contribution in [2.24, 2.45) is 0 Å². The first-order valence-corrected chi connectivity index (χ1v) is 5.85. The van der Waals surface area contributed by atoms with Crippen molar-refractivity contribution < 1.29 is 14.2 Å². The molecule has 0 unspecified atom stereocenters. The fraction of sp³-hybridized carbons (Fsp3) is 0.429. The van der Waals surface area contributed by atoms with Gasteiger partial charge in [-0.1, -0.05) is 11.8 Å². The zero-order valence-corrected chi connectivity index (χ0v) is 9.58. The number of aliphatic hydroxyl groups excluding tert-OH is 1. The van der Waals surface area contributed by atoms with Crippen LogP contribution < -0.4 is 4.74 Å². The molecule has 17 heavy (non-hydrogen) atoms. The maximum atomic E-state index is 13.3. The molecule has 2 rings (SSSR count). The summed E-state index contributed by atoms with van der Waals surface area (Å²) in [5.41, 5.74) is 0.534. The molecule has 1 aromatic rings. The van der Waals surface area contributed by atoms with Gasteiger partial charge in [-0.05, 0) is 37.8 Å². The summed E-state index contributed by atoms with van der Waals surface area (Å²) in [7, 11) is 0. The summed E-state index contributed by atoms with van der Waals surface area (Å²) in [6.07, 6.45) is 4.63. The molecule has 3 heteroatoms. The van der Waals surface area contributed by atoms with Crippen molar-refractivity contribution in [3.8, 4) is 17.6 Å². The zero-order chi connectivity index (χ0) is 12.1. The Kier molecular flexibility index (Phi) is 4.00. The van der Waals surface area contributed by atoms with Gasteiger partial charge in [-0.2, -0.15) is 0 Å². The number of benzene rings is 1. The third-order valence-electron chi connectivity index (χ3n) is 2.79. The molecular weight excluding hydrogens is 219 g/mol. The lowest BCUT2D eigenvalue weighted by Crippen LogP contribution is -2.11. The van der Waals surface area contributed by atoms with Crippen LogP contribution in [-0.2, 0) is 0 Å². The highest BCUT2D eigenvalue weighted by molar-refractivity contribution is 5.40. The smallest absolute Gasteiger partial charge is 0.128 e. The molecule has 1 saturated carbocycles. The zero-order valence-electron chi connectivity index (χ0n) is 9.58. The van der Waals surface area contributed by atoms with Gasteiger partial charge in [-0.25, -0.2) is 4.39 Å². The lowest BCUT2D eigenvalue weighted by atomic mass is 10.2. The molecule has 90 valence electrons. The van der Waals surface area contributed by atoms with Gasteiger partial charge in [0.2, 0.25) is 0 Å². The molecule has 1 aliphatic carbocycles. The van der Waals surface area contributed by atoms with Gasteiger partial charge >= 0.3 is 0 Å². The minimum absolute atomic E-state index is 0.204. The number of aliphatic hydroxyl groups is 1. The van der Waals surface area contributed by atoms with E-state index in [-0.39, 0.29) is 18.5 Å². The van der Waals surface area contributed by atoms with Crippen LogP contribution in [0.4, 0.5) is 4.39 Å². The van der Waals surface area contributed by atoms with Gasteiger partial charge in [-0.15, -0.1) is 0 Å². The molecule has 0 saturated heterocycles. The Morgan fingerprint density at radius 2 is 2.06 bits per heavy atom. The number of rotatable bonds is 2. The van der Waals surface area contributed by atoms with E-state index >= 15 is 0 Å². The maximum Gasteiger partial charge on any atom is 0.128 e. The van der Waals surface area contributed by atoms with Crippen LogP contribution in [0.1, 0.15) is 31.2 Å². The highest BCUT2D eigenvalue weighted by atomic mass is 19.1. The van der Waals surface area contributed by atoms with Crippen molar-refractivity contribution in [3.63, 3.8) is 0 Å². The third kappa shape index (κ3) is 3.47. The first-order chi connectivity index (χ1) is 8.28. The lowest BCUT2D eigenvalue weighted by molar-refractivity contribution is 0.209. The topological polar surface area (TPSA) is 29.5 Å². The summed E-state index contributed by atoms with van der Waals surface area (Å²) < 4.78 is 19.0. The number of hydrogen-bond acceptors (Lipinski definition) is 2. The van der Waals surface area contributed by atoms with Crippen LogP contribution in [0.2, 0.25) is 0 Å².